The lowest BCUT2D eigenvalue weighted by Gasteiger charge is -2.36. The van der Waals surface area contributed by atoms with E-state index in [0.717, 1.165) is 13.2 Å². The second-order valence-corrected chi connectivity index (χ2v) is 5.67. The van der Waals surface area contributed by atoms with Crippen molar-refractivity contribution in [3.8, 4) is 0 Å². The number of ether oxygens (including phenoxy) is 1. The third-order valence-electron chi connectivity index (χ3n) is 4.04. The molecule has 2 heteroatoms. The SMILES string of the molecule is CC1(CNC2CCCOC2)CCCCC1. The molecule has 0 aromatic heterocycles. The van der Waals surface area contributed by atoms with Crippen LogP contribution in [0.25, 0.3) is 0 Å². The Labute approximate surface area is 93.8 Å². The molecule has 1 N–H and O–H groups in total. The first-order chi connectivity index (χ1) is 7.29. The van der Waals surface area contributed by atoms with E-state index in [4.69, 9.17) is 4.74 Å². The van der Waals surface area contributed by atoms with E-state index in [2.05, 4.69) is 12.2 Å². The molecule has 1 saturated carbocycles. The zero-order valence-corrected chi connectivity index (χ0v) is 10.1. The molecule has 1 atom stereocenters. The largest absolute Gasteiger partial charge is 0.380 e. The first-order valence-electron chi connectivity index (χ1n) is 6.60. The molecule has 2 aliphatic rings. The lowest BCUT2D eigenvalue weighted by atomic mass is 9.75. The Morgan fingerprint density at radius 2 is 2.00 bits per heavy atom. The van der Waals surface area contributed by atoms with Crippen molar-refractivity contribution in [1.82, 2.24) is 5.32 Å². The summed E-state index contributed by atoms with van der Waals surface area (Å²) in [6, 6.07) is 0.623. The summed E-state index contributed by atoms with van der Waals surface area (Å²) in [4.78, 5) is 0. The highest BCUT2D eigenvalue weighted by atomic mass is 16.5. The molecule has 2 nitrogen and oxygen atoms in total. The number of hydrogen-bond donors (Lipinski definition) is 1. The average Bonchev–Trinajstić information content (AvgIpc) is 2.29. The molecular formula is C13H25NO. The van der Waals surface area contributed by atoms with Crippen LogP contribution in [-0.2, 0) is 4.74 Å². The molecule has 1 saturated heterocycles. The van der Waals surface area contributed by atoms with Crippen molar-refractivity contribution in [3.63, 3.8) is 0 Å². The number of rotatable bonds is 3. The van der Waals surface area contributed by atoms with Crippen LogP contribution in [0.4, 0.5) is 0 Å². The summed E-state index contributed by atoms with van der Waals surface area (Å²) >= 11 is 0. The first-order valence-corrected chi connectivity index (χ1v) is 6.60. The van der Waals surface area contributed by atoms with Gasteiger partial charge in [0.1, 0.15) is 0 Å². The van der Waals surface area contributed by atoms with E-state index in [1.807, 2.05) is 0 Å². The Morgan fingerprint density at radius 3 is 2.67 bits per heavy atom. The van der Waals surface area contributed by atoms with Gasteiger partial charge in [0.05, 0.1) is 6.61 Å². The first kappa shape index (κ1) is 11.4. The van der Waals surface area contributed by atoms with E-state index >= 15 is 0 Å². The van der Waals surface area contributed by atoms with Crippen LogP contribution in [0.3, 0.4) is 0 Å². The van der Waals surface area contributed by atoms with Crippen molar-refractivity contribution in [3.05, 3.63) is 0 Å². The lowest BCUT2D eigenvalue weighted by Crippen LogP contribution is -2.43. The average molecular weight is 211 g/mol. The summed E-state index contributed by atoms with van der Waals surface area (Å²) in [5.41, 5.74) is 0.565. The zero-order chi connectivity index (χ0) is 10.6. The van der Waals surface area contributed by atoms with Crippen molar-refractivity contribution in [2.75, 3.05) is 19.8 Å². The molecule has 1 heterocycles. The molecule has 1 aliphatic carbocycles. The molecule has 2 rings (SSSR count). The zero-order valence-electron chi connectivity index (χ0n) is 10.1. The fraction of sp³-hybridized carbons (Fsp3) is 1.00. The minimum atomic E-state index is 0.565. The van der Waals surface area contributed by atoms with Crippen molar-refractivity contribution >= 4 is 0 Å². The highest BCUT2D eigenvalue weighted by Crippen LogP contribution is 2.35. The Balaban J connectivity index is 1.70. The minimum absolute atomic E-state index is 0.565. The molecule has 2 fully saturated rings. The van der Waals surface area contributed by atoms with Gasteiger partial charge in [-0.15, -0.1) is 0 Å². The Morgan fingerprint density at radius 1 is 1.20 bits per heavy atom. The van der Waals surface area contributed by atoms with Crippen LogP contribution < -0.4 is 5.32 Å². The van der Waals surface area contributed by atoms with E-state index in [1.165, 1.54) is 51.5 Å². The molecule has 0 bridgehead atoms. The standard InChI is InChI=1S/C13H25NO/c1-13(7-3-2-4-8-13)11-14-12-6-5-9-15-10-12/h12,14H,2-11H2,1H3. The maximum atomic E-state index is 5.49. The Hall–Kier alpha value is -0.0800. The molecule has 1 aliphatic heterocycles. The molecule has 1 unspecified atom stereocenters. The van der Waals surface area contributed by atoms with Crippen LogP contribution in [0.15, 0.2) is 0 Å². The van der Waals surface area contributed by atoms with Crippen LogP contribution in [-0.4, -0.2) is 25.8 Å². The summed E-state index contributed by atoms with van der Waals surface area (Å²) in [6.45, 7) is 5.54. The van der Waals surface area contributed by atoms with Gasteiger partial charge in [0.15, 0.2) is 0 Å². The van der Waals surface area contributed by atoms with Gasteiger partial charge < -0.3 is 10.1 Å². The third kappa shape index (κ3) is 3.46. The normalized spacial score (nSPS) is 31.4. The topological polar surface area (TPSA) is 21.3 Å². The minimum Gasteiger partial charge on any atom is -0.380 e. The van der Waals surface area contributed by atoms with Gasteiger partial charge in [-0.1, -0.05) is 26.2 Å². The molecule has 0 spiro atoms. The van der Waals surface area contributed by atoms with Crippen LogP contribution in [0.2, 0.25) is 0 Å². The molecule has 0 aromatic rings. The van der Waals surface area contributed by atoms with E-state index < -0.39 is 0 Å². The van der Waals surface area contributed by atoms with Crippen molar-refractivity contribution in [2.45, 2.75) is 57.9 Å². The second kappa shape index (κ2) is 5.31. The predicted molar refractivity (Wildman–Crippen MR) is 63.0 cm³/mol. The van der Waals surface area contributed by atoms with Gasteiger partial charge >= 0.3 is 0 Å². The molecule has 0 radical (unpaired) electrons. The van der Waals surface area contributed by atoms with E-state index in [0.29, 0.717) is 11.5 Å². The fourth-order valence-electron chi connectivity index (χ4n) is 2.87. The summed E-state index contributed by atoms with van der Waals surface area (Å²) in [5, 5.41) is 3.71. The molecule has 0 amide bonds. The lowest BCUT2D eigenvalue weighted by molar-refractivity contribution is 0.0637. The van der Waals surface area contributed by atoms with Gasteiger partial charge in [-0.25, -0.2) is 0 Å². The quantitative estimate of drug-likeness (QED) is 0.775. The summed E-state index contributed by atoms with van der Waals surface area (Å²) < 4.78 is 5.49. The smallest absolute Gasteiger partial charge is 0.0619 e. The molecule has 88 valence electrons. The maximum Gasteiger partial charge on any atom is 0.0619 e. The van der Waals surface area contributed by atoms with Gasteiger partial charge in [0, 0.05) is 19.2 Å². The monoisotopic (exact) mass is 211 g/mol. The van der Waals surface area contributed by atoms with E-state index in [1.54, 1.807) is 0 Å². The van der Waals surface area contributed by atoms with E-state index in [-0.39, 0.29) is 0 Å². The van der Waals surface area contributed by atoms with Crippen LogP contribution in [0.5, 0.6) is 0 Å². The Kier molecular flexibility index (Phi) is 4.04. The highest BCUT2D eigenvalue weighted by molar-refractivity contribution is 4.82. The summed E-state index contributed by atoms with van der Waals surface area (Å²) in [5.74, 6) is 0. The van der Waals surface area contributed by atoms with Crippen molar-refractivity contribution in [2.24, 2.45) is 5.41 Å². The van der Waals surface area contributed by atoms with Crippen LogP contribution in [0.1, 0.15) is 51.9 Å². The van der Waals surface area contributed by atoms with Gasteiger partial charge in [0.2, 0.25) is 0 Å². The maximum absolute atomic E-state index is 5.49. The molecular weight excluding hydrogens is 186 g/mol. The van der Waals surface area contributed by atoms with Crippen LogP contribution in [0, 0.1) is 5.41 Å². The predicted octanol–water partition coefficient (Wildman–Crippen LogP) is 2.73. The van der Waals surface area contributed by atoms with Crippen molar-refractivity contribution in [1.29, 1.82) is 0 Å². The molecule has 15 heavy (non-hydrogen) atoms. The van der Waals surface area contributed by atoms with Gasteiger partial charge in [0.25, 0.3) is 0 Å². The number of hydrogen-bond acceptors (Lipinski definition) is 2. The van der Waals surface area contributed by atoms with Gasteiger partial charge in [-0.3, -0.25) is 0 Å². The molecule has 0 aromatic carbocycles. The van der Waals surface area contributed by atoms with Gasteiger partial charge in [-0.2, -0.15) is 0 Å². The number of nitrogens with one attached hydrogen (secondary N) is 1. The fourth-order valence-corrected chi connectivity index (χ4v) is 2.87. The summed E-state index contributed by atoms with van der Waals surface area (Å²) in [7, 11) is 0. The summed E-state index contributed by atoms with van der Waals surface area (Å²) in [6.07, 6.45) is 9.66. The van der Waals surface area contributed by atoms with E-state index in [9.17, 15) is 0 Å². The van der Waals surface area contributed by atoms with Crippen molar-refractivity contribution < 1.29 is 4.74 Å². The second-order valence-electron chi connectivity index (χ2n) is 5.67. The highest BCUT2D eigenvalue weighted by Gasteiger charge is 2.27. The third-order valence-corrected chi connectivity index (χ3v) is 4.04. The van der Waals surface area contributed by atoms with Crippen LogP contribution >= 0.6 is 0 Å². The Bertz CT molecular complexity index is 181. The van der Waals surface area contributed by atoms with Gasteiger partial charge in [-0.05, 0) is 31.1 Å².